The number of aliphatic carboxylic acids is 1. The number of hydrogen-bond donors (Lipinski definition) is 2. The highest BCUT2D eigenvalue weighted by atomic mass is 16.5. The van der Waals surface area contributed by atoms with Crippen LogP contribution in [0.2, 0.25) is 0 Å². The molecule has 2 N–H and O–H groups in total. The van der Waals surface area contributed by atoms with Crippen LogP contribution in [0, 0.1) is 0 Å². The first-order valence-corrected chi connectivity index (χ1v) is 6.62. The van der Waals surface area contributed by atoms with E-state index in [1.54, 1.807) is 19.4 Å². The van der Waals surface area contributed by atoms with Gasteiger partial charge in [0.1, 0.15) is 11.3 Å². The van der Waals surface area contributed by atoms with Crippen molar-refractivity contribution in [3.63, 3.8) is 0 Å². The number of carboxylic acids is 1. The van der Waals surface area contributed by atoms with Gasteiger partial charge in [0, 0.05) is 30.0 Å². The molecule has 6 nitrogen and oxygen atoms in total. The summed E-state index contributed by atoms with van der Waals surface area (Å²) < 4.78 is 10.5. The van der Waals surface area contributed by atoms with Gasteiger partial charge in [0.25, 0.3) is 0 Å². The summed E-state index contributed by atoms with van der Waals surface area (Å²) in [5.74, 6) is -0.320. The number of amides is 1. The lowest BCUT2D eigenvalue weighted by atomic mass is 10.1. The van der Waals surface area contributed by atoms with Crippen molar-refractivity contribution in [1.82, 2.24) is 5.32 Å². The van der Waals surface area contributed by atoms with Crippen LogP contribution >= 0.6 is 0 Å². The van der Waals surface area contributed by atoms with E-state index in [1.807, 2.05) is 12.1 Å². The molecule has 0 saturated carbocycles. The summed E-state index contributed by atoms with van der Waals surface area (Å²) in [4.78, 5) is 22.2. The molecule has 2 aromatic rings. The molecule has 1 aromatic heterocycles. The van der Waals surface area contributed by atoms with E-state index in [-0.39, 0.29) is 18.7 Å². The van der Waals surface area contributed by atoms with Gasteiger partial charge in [0.2, 0.25) is 5.91 Å². The van der Waals surface area contributed by atoms with Crippen molar-refractivity contribution in [1.29, 1.82) is 0 Å². The smallest absolute Gasteiger partial charge is 0.303 e. The Hall–Kier alpha value is -2.50. The number of ether oxygens (including phenoxy) is 1. The summed E-state index contributed by atoms with van der Waals surface area (Å²) in [6, 6.07) is 5.43. The minimum atomic E-state index is -0.862. The Labute approximate surface area is 121 Å². The van der Waals surface area contributed by atoms with Crippen LogP contribution in [0.25, 0.3) is 11.0 Å². The number of methoxy groups -OCH3 is 1. The number of benzene rings is 1. The normalized spacial score (nSPS) is 10.5. The molecule has 0 aliphatic carbocycles. The third-order valence-electron chi connectivity index (χ3n) is 3.10. The number of fused-ring (bicyclic) bond motifs is 1. The van der Waals surface area contributed by atoms with Gasteiger partial charge in [-0.3, -0.25) is 9.59 Å². The Morgan fingerprint density at radius 2 is 2.19 bits per heavy atom. The average molecular weight is 291 g/mol. The Kier molecular flexibility index (Phi) is 4.81. The molecule has 0 aliphatic rings. The Morgan fingerprint density at radius 1 is 1.38 bits per heavy atom. The lowest BCUT2D eigenvalue weighted by molar-refractivity contribution is -0.137. The van der Waals surface area contributed by atoms with E-state index in [2.05, 4.69) is 5.32 Å². The van der Waals surface area contributed by atoms with Gasteiger partial charge in [0.15, 0.2) is 0 Å². The zero-order valence-electron chi connectivity index (χ0n) is 11.7. The number of rotatable bonds is 7. The second kappa shape index (κ2) is 6.78. The molecule has 0 aliphatic heterocycles. The molecule has 1 amide bonds. The van der Waals surface area contributed by atoms with E-state index in [4.69, 9.17) is 14.3 Å². The maximum absolute atomic E-state index is 11.8. The molecule has 2 rings (SSSR count). The number of carbonyl (C=O) groups excluding carboxylic acids is 1. The van der Waals surface area contributed by atoms with Gasteiger partial charge >= 0.3 is 5.97 Å². The first-order chi connectivity index (χ1) is 10.1. The van der Waals surface area contributed by atoms with Gasteiger partial charge in [-0.1, -0.05) is 0 Å². The Bertz CT molecular complexity index is 647. The van der Waals surface area contributed by atoms with Crippen molar-refractivity contribution in [2.75, 3.05) is 13.7 Å². The lowest BCUT2D eigenvalue weighted by Gasteiger charge is -2.03. The van der Waals surface area contributed by atoms with E-state index in [1.165, 1.54) is 0 Å². The summed E-state index contributed by atoms with van der Waals surface area (Å²) in [6.45, 7) is 0.356. The van der Waals surface area contributed by atoms with Gasteiger partial charge in [-0.15, -0.1) is 0 Å². The van der Waals surface area contributed by atoms with Crippen molar-refractivity contribution >= 4 is 22.8 Å². The van der Waals surface area contributed by atoms with Crippen LogP contribution in [-0.4, -0.2) is 30.6 Å². The molecular formula is C15H17NO5. The molecule has 0 bridgehead atoms. The Balaban J connectivity index is 1.93. The van der Waals surface area contributed by atoms with Crippen LogP contribution in [0.1, 0.15) is 18.4 Å². The second-order valence-corrected chi connectivity index (χ2v) is 4.65. The molecule has 1 heterocycles. The second-order valence-electron chi connectivity index (χ2n) is 4.65. The third-order valence-corrected chi connectivity index (χ3v) is 3.10. The first-order valence-electron chi connectivity index (χ1n) is 6.62. The molecular weight excluding hydrogens is 274 g/mol. The van der Waals surface area contributed by atoms with Crippen LogP contribution in [0.4, 0.5) is 0 Å². The van der Waals surface area contributed by atoms with Gasteiger partial charge in [-0.2, -0.15) is 0 Å². The zero-order valence-corrected chi connectivity index (χ0v) is 11.7. The maximum atomic E-state index is 11.8. The fourth-order valence-corrected chi connectivity index (χ4v) is 2.03. The van der Waals surface area contributed by atoms with E-state index in [9.17, 15) is 9.59 Å². The number of carboxylic acid groups (broad SMARTS) is 1. The van der Waals surface area contributed by atoms with Crippen molar-refractivity contribution < 1.29 is 23.8 Å². The van der Waals surface area contributed by atoms with E-state index < -0.39 is 5.97 Å². The summed E-state index contributed by atoms with van der Waals surface area (Å²) in [6.07, 6.45) is 2.23. The van der Waals surface area contributed by atoms with Crippen molar-refractivity contribution in [2.45, 2.75) is 19.3 Å². The molecule has 21 heavy (non-hydrogen) atoms. The van der Waals surface area contributed by atoms with Crippen LogP contribution < -0.4 is 10.1 Å². The topological polar surface area (TPSA) is 88.8 Å². The lowest BCUT2D eigenvalue weighted by Crippen LogP contribution is -2.26. The summed E-state index contributed by atoms with van der Waals surface area (Å²) >= 11 is 0. The summed E-state index contributed by atoms with van der Waals surface area (Å²) in [7, 11) is 1.58. The minimum absolute atomic E-state index is 0.0503. The van der Waals surface area contributed by atoms with Crippen LogP contribution in [0.15, 0.2) is 28.9 Å². The van der Waals surface area contributed by atoms with Crippen molar-refractivity contribution in [3.8, 4) is 5.75 Å². The fourth-order valence-electron chi connectivity index (χ4n) is 2.03. The van der Waals surface area contributed by atoms with Crippen LogP contribution in [0.5, 0.6) is 5.75 Å². The summed E-state index contributed by atoms with van der Waals surface area (Å²) in [5, 5.41) is 12.1. The molecule has 0 fully saturated rings. The molecule has 0 atom stereocenters. The quantitative estimate of drug-likeness (QED) is 0.761. The maximum Gasteiger partial charge on any atom is 0.303 e. The van der Waals surface area contributed by atoms with Gasteiger partial charge < -0.3 is 19.6 Å². The largest absolute Gasteiger partial charge is 0.497 e. The van der Waals surface area contributed by atoms with Gasteiger partial charge in [0.05, 0.1) is 19.8 Å². The molecule has 0 saturated heterocycles. The highest BCUT2D eigenvalue weighted by molar-refractivity contribution is 5.88. The van der Waals surface area contributed by atoms with E-state index in [0.717, 1.165) is 10.9 Å². The zero-order chi connectivity index (χ0) is 15.2. The standard InChI is InChI=1S/C15H17NO5/c1-20-11-4-5-12-10(9-21-13(12)8-11)7-14(17)16-6-2-3-15(18)19/h4-5,8-9H,2-3,6-7H2,1H3,(H,16,17)(H,18,19). The molecule has 6 heteroatoms. The SMILES string of the molecule is COc1ccc2c(CC(=O)NCCCC(=O)O)coc2c1. The molecule has 112 valence electrons. The number of nitrogens with one attached hydrogen (secondary N) is 1. The predicted molar refractivity (Wildman–Crippen MR) is 76.3 cm³/mol. The first kappa shape index (κ1) is 14.9. The fraction of sp³-hybridized carbons (Fsp3) is 0.333. The van der Waals surface area contributed by atoms with E-state index >= 15 is 0 Å². The Morgan fingerprint density at radius 3 is 2.90 bits per heavy atom. The highest BCUT2D eigenvalue weighted by Crippen LogP contribution is 2.25. The van der Waals surface area contributed by atoms with E-state index in [0.29, 0.717) is 24.3 Å². The predicted octanol–water partition coefficient (Wildman–Crippen LogP) is 1.96. The molecule has 1 aromatic carbocycles. The number of carbonyl (C=O) groups is 2. The molecule has 0 radical (unpaired) electrons. The van der Waals surface area contributed by atoms with Crippen molar-refractivity contribution in [3.05, 3.63) is 30.0 Å². The van der Waals surface area contributed by atoms with Crippen molar-refractivity contribution in [2.24, 2.45) is 0 Å². The molecule has 0 spiro atoms. The summed E-state index contributed by atoms with van der Waals surface area (Å²) in [5.41, 5.74) is 1.46. The molecule has 0 unspecified atom stereocenters. The average Bonchev–Trinajstić information content (AvgIpc) is 2.85. The monoisotopic (exact) mass is 291 g/mol. The van der Waals surface area contributed by atoms with Gasteiger partial charge in [-0.25, -0.2) is 0 Å². The third kappa shape index (κ3) is 3.98. The van der Waals surface area contributed by atoms with Gasteiger partial charge in [-0.05, 0) is 18.6 Å². The number of hydrogen-bond acceptors (Lipinski definition) is 4. The van der Waals surface area contributed by atoms with Crippen LogP contribution in [0.3, 0.4) is 0 Å². The number of furan rings is 1. The van der Waals surface area contributed by atoms with Crippen LogP contribution in [-0.2, 0) is 16.0 Å². The highest BCUT2D eigenvalue weighted by Gasteiger charge is 2.11. The minimum Gasteiger partial charge on any atom is -0.497 e.